The molecule has 1 aromatic rings. The summed E-state index contributed by atoms with van der Waals surface area (Å²) < 4.78 is 9.71. The van der Waals surface area contributed by atoms with E-state index in [1.807, 2.05) is 20.8 Å². The van der Waals surface area contributed by atoms with Gasteiger partial charge in [-0.2, -0.15) is 4.98 Å². The Labute approximate surface area is 94.4 Å². The van der Waals surface area contributed by atoms with Gasteiger partial charge in [0.25, 0.3) is 0 Å². The second-order valence-corrected chi connectivity index (χ2v) is 4.36. The average Bonchev–Trinajstić information content (AvgIpc) is 2.62. The van der Waals surface area contributed by atoms with E-state index < -0.39 is 5.60 Å². The maximum atomic E-state index is 11.3. The lowest BCUT2D eigenvalue weighted by Crippen LogP contribution is -2.26. The molecular formula is C10H17N3O3. The zero-order valence-corrected chi connectivity index (χ0v) is 9.82. The fourth-order valence-corrected chi connectivity index (χ4v) is 1.05. The van der Waals surface area contributed by atoms with Crippen LogP contribution >= 0.6 is 0 Å². The van der Waals surface area contributed by atoms with E-state index in [1.54, 1.807) is 0 Å². The van der Waals surface area contributed by atoms with E-state index in [-0.39, 0.29) is 5.97 Å². The molecule has 6 nitrogen and oxygen atoms in total. The third-order valence-electron chi connectivity index (χ3n) is 1.62. The zero-order chi connectivity index (χ0) is 12.0. The predicted molar refractivity (Wildman–Crippen MR) is 56.5 cm³/mol. The molecule has 1 aromatic heterocycles. The number of carbonyl (C=O) groups excluding carboxylic acids is 1. The topological polar surface area (TPSA) is 77.2 Å². The average molecular weight is 227 g/mol. The fraction of sp³-hybridized carbons (Fsp3) is 0.700. The van der Waals surface area contributed by atoms with Crippen LogP contribution in [0.3, 0.4) is 0 Å². The first-order valence-electron chi connectivity index (χ1n) is 5.15. The monoisotopic (exact) mass is 227 g/mol. The maximum absolute atomic E-state index is 11.3. The highest BCUT2D eigenvalue weighted by Crippen LogP contribution is 2.07. The lowest BCUT2D eigenvalue weighted by Gasteiger charge is -2.19. The minimum Gasteiger partial charge on any atom is -0.460 e. The van der Waals surface area contributed by atoms with Gasteiger partial charge in [0.1, 0.15) is 5.60 Å². The van der Waals surface area contributed by atoms with Crippen molar-refractivity contribution >= 4 is 5.97 Å². The van der Waals surface area contributed by atoms with E-state index in [2.05, 4.69) is 20.0 Å². The number of nitrogens with one attached hydrogen (secondary N) is 1. The van der Waals surface area contributed by atoms with E-state index in [0.717, 1.165) is 0 Å². The molecule has 1 rings (SSSR count). The minimum absolute atomic E-state index is 0.215. The van der Waals surface area contributed by atoms with Crippen LogP contribution in [0.25, 0.3) is 0 Å². The van der Waals surface area contributed by atoms with Crippen molar-refractivity contribution in [3.8, 4) is 0 Å². The lowest BCUT2D eigenvalue weighted by molar-refractivity contribution is -0.154. The first kappa shape index (κ1) is 12.6. The Morgan fingerprint density at radius 1 is 1.56 bits per heavy atom. The van der Waals surface area contributed by atoms with Gasteiger partial charge in [-0.15, -0.1) is 0 Å². The highest BCUT2D eigenvalue weighted by atomic mass is 16.6. The van der Waals surface area contributed by atoms with Crippen LogP contribution in [0, 0.1) is 0 Å². The standard InChI is InChI=1S/C10H17N3O3/c1-10(2,3)16-9(14)4-5-11-6-8-12-7-15-13-8/h7,11H,4-6H2,1-3H3. The van der Waals surface area contributed by atoms with Gasteiger partial charge in [-0.25, -0.2) is 0 Å². The van der Waals surface area contributed by atoms with Gasteiger partial charge in [0, 0.05) is 6.54 Å². The van der Waals surface area contributed by atoms with Crippen LogP contribution in [-0.4, -0.2) is 28.3 Å². The Balaban J connectivity index is 2.09. The largest absolute Gasteiger partial charge is 0.460 e. The number of ether oxygens (including phenoxy) is 1. The van der Waals surface area contributed by atoms with E-state index in [9.17, 15) is 4.79 Å². The van der Waals surface area contributed by atoms with Crippen molar-refractivity contribution < 1.29 is 14.1 Å². The molecule has 0 aromatic carbocycles. The quantitative estimate of drug-likeness (QED) is 0.594. The summed E-state index contributed by atoms with van der Waals surface area (Å²) in [5.41, 5.74) is -0.426. The van der Waals surface area contributed by atoms with Crippen molar-refractivity contribution in [1.29, 1.82) is 0 Å². The normalized spacial score (nSPS) is 11.4. The Hall–Kier alpha value is -1.43. The van der Waals surface area contributed by atoms with Gasteiger partial charge in [-0.3, -0.25) is 4.79 Å². The summed E-state index contributed by atoms with van der Waals surface area (Å²) in [7, 11) is 0. The fourth-order valence-electron chi connectivity index (χ4n) is 1.05. The maximum Gasteiger partial charge on any atom is 0.307 e. The number of nitrogens with zero attached hydrogens (tertiary/aromatic N) is 2. The zero-order valence-electron chi connectivity index (χ0n) is 9.82. The van der Waals surface area contributed by atoms with Crippen molar-refractivity contribution in [2.75, 3.05) is 6.54 Å². The molecule has 6 heteroatoms. The summed E-state index contributed by atoms with van der Waals surface area (Å²) in [6, 6.07) is 0. The SMILES string of the molecule is CC(C)(C)OC(=O)CCNCc1ncon1. The molecule has 0 aliphatic rings. The van der Waals surface area contributed by atoms with Gasteiger partial charge >= 0.3 is 5.97 Å². The Morgan fingerprint density at radius 2 is 2.31 bits per heavy atom. The molecule has 16 heavy (non-hydrogen) atoms. The summed E-state index contributed by atoms with van der Waals surface area (Å²) in [4.78, 5) is 15.1. The Bertz CT molecular complexity index is 317. The second-order valence-electron chi connectivity index (χ2n) is 4.36. The van der Waals surface area contributed by atoms with Crippen molar-refractivity contribution in [3.05, 3.63) is 12.2 Å². The van der Waals surface area contributed by atoms with Crippen molar-refractivity contribution in [2.24, 2.45) is 0 Å². The molecule has 0 bridgehead atoms. The molecule has 0 spiro atoms. The lowest BCUT2D eigenvalue weighted by atomic mass is 10.2. The molecule has 0 atom stereocenters. The number of esters is 1. The molecule has 0 amide bonds. The summed E-state index contributed by atoms with van der Waals surface area (Å²) >= 11 is 0. The number of hydrogen-bond acceptors (Lipinski definition) is 6. The molecule has 0 saturated heterocycles. The summed E-state index contributed by atoms with van der Waals surface area (Å²) in [6.07, 6.45) is 1.60. The van der Waals surface area contributed by atoms with E-state index in [4.69, 9.17) is 4.74 Å². The van der Waals surface area contributed by atoms with Crippen molar-refractivity contribution in [1.82, 2.24) is 15.5 Å². The van der Waals surface area contributed by atoms with Crippen LogP contribution < -0.4 is 5.32 Å². The van der Waals surface area contributed by atoms with Crippen LogP contribution in [0.2, 0.25) is 0 Å². The van der Waals surface area contributed by atoms with Gasteiger partial charge < -0.3 is 14.6 Å². The second kappa shape index (κ2) is 5.60. The van der Waals surface area contributed by atoms with Gasteiger partial charge in [-0.1, -0.05) is 5.16 Å². The molecular weight excluding hydrogens is 210 g/mol. The van der Waals surface area contributed by atoms with Gasteiger partial charge in [0.15, 0.2) is 5.82 Å². The van der Waals surface area contributed by atoms with E-state index in [1.165, 1.54) is 6.39 Å². The molecule has 0 aliphatic carbocycles. The summed E-state index contributed by atoms with van der Waals surface area (Å²) in [5, 5.41) is 6.65. The molecule has 0 aliphatic heterocycles. The highest BCUT2D eigenvalue weighted by molar-refractivity contribution is 5.70. The van der Waals surface area contributed by atoms with Crippen LogP contribution in [-0.2, 0) is 16.1 Å². The minimum atomic E-state index is -0.426. The molecule has 0 unspecified atom stereocenters. The first-order chi connectivity index (χ1) is 7.47. The van der Waals surface area contributed by atoms with Crippen LogP contribution in [0.1, 0.15) is 33.0 Å². The number of rotatable bonds is 5. The van der Waals surface area contributed by atoms with Gasteiger partial charge in [-0.05, 0) is 20.8 Å². The third-order valence-corrected chi connectivity index (χ3v) is 1.62. The van der Waals surface area contributed by atoms with Crippen molar-refractivity contribution in [3.63, 3.8) is 0 Å². The third kappa shape index (κ3) is 5.45. The highest BCUT2D eigenvalue weighted by Gasteiger charge is 2.15. The number of hydrogen-bond donors (Lipinski definition) is 1. The first-order valence-corrected chi connectivity index (χ1v) is 5.15. The van der Waals surface area contributed by atoms with Crippen molar-refractivity contribution in [2.45, 2.75) is 39.3 Å². The molecule has 0 fully saturated rings. The van der Waals surface area contributed by atoms with Crippen LogP contribution in [0.5, 0.6) is 0 Å². The predicted octanol–water partition coefficient (Wildman–Crippen LogP) is 0.891. The van der Waals surface area contributed by atoms with E-state index >= 15 is 0 Å². The summed E-state index contributed by atoms with van der Waals surface area (Å²) in [5.74, 6) is 0.359. The Morgan fingerprint density at radius 3 is 2.88 bits per heavy atom. The number of aromatic nitrogens is 2. The molecule has 0 radical (unpaired) electrons. The molecule has 90 valence electrons. The van der Waals surface area contributed by atoms with Gasteiger partial charge in [0.05, 0.1) is 13.0 Å². The van der Waals surface area contributed by atoms with Gasteiger partial charge in [0.2, 0.25) is 6.39 Å². The van der Waals surface area contributed by atoms with Crippen LogP contribution in [0.4, 0.5) is 0 Å². The smallest absolute Gasteiger partial charge is 0.307 e. The molecule has 0 saturated carbocycles. The molecule has 1 N–H and O–H groups in total. The van der Waals surface area contributed by atoms with Crippen LogP contribution in [0.15, 0.2) is 10.9 Å². The summed E-state index contributed by atoms with van der Waals surface area (Å²) in [6.45, 7) is 6.55. The number of carbonyl (C=O) groups is 1. The van der Waals surface area contributed by atoms with E-state index in [0.29, 0.717) is 25.3 Å². The Kier molecular flexibility index (Phi) is 4.42. The molecule has 1 heterocycles.